The SMILES string of the molecule is Nc1c(Br)c(C(F)F)nc2c(Cl)cnn12.[N]. The zero-order valence-electron chi connectivity index (χ0n) is 7.53. The highest BCUT2D eigenvalue weighted by Crippen LogP contribution is 2.32. The van der Waals surface area contributed by atoms with Gasteiger partial charge in [-0.2, -0.15) is 9.61 Å². The van der Waals surface area contributed by atoms with Crippen LogP contribution in [0.25, 0.3) is 5.65 Å². The van der Waals surface area contributed by atoms with Gasteiger partial charge in [-0.15, -0.1) is 0 Å². The zero-order chi connectivity index (χ0) is 11.2. The van der Waals surface area contributed by atoms with E-state index in [9.17, 15) is 8.78 Å². The number of aromatic nitrogens is 3. The van der Waals surface area contributed by atoms with Gasteiger partial charge in [-0.25, -0.2) is 13.8 Å². The van der Waals surface area contributed by atoms with Crippen molar-refractivity contribution in [3.8, 4) is 0 Å². The summed E-state index contributed by atoms with van der Waals surface area (Å²) in [6, 6.07) is 0. The highest BCUT2D eigenvalue weighted by molar-refractivity contribution is 9.10. The highest BCUT2D eigenvalue weighted by Gasteiger charge is 2.20. The molecular weight excluding hydrogens is 307 g/mol. The minimum atomic E-state index is -2.72. The number of alkyl halides is 2. The molecule has 0 amide bonds. The molecule has 16 heavy (non-hydrogen) atoms. The standard InChI is InChI=1S/C7H4BrClF2N4.N/c8-3-4(5(10)11)14-7-2(9)1-13-15(7)6(3)12;/h1,5H,12H2;. The van der Waals surface area contributed by atoms with Gasteiger partial charge >= 0.3 is 0 Å². The molecule has 2 N–H and O–H groups in total. The lowest BCUT2D eigenvalue weighted by atomic mass is 10.4. The Hall–Kier alpha value is -0.990. The van der Waals surface area contributed by atoms with Crippen molar-refractivity contribution in [1.29, 1.82) is 0 Å². The van der Waals surface area contributed by atoms with Crippen LogP contribution in [-0.2, 0) is 0 Å². The summed E-state index contributed by atoms with van der Waals surface area (Å²) < 4.78 is 26.3. The third-order valence-corrected chi connectivity index (χ3v) is 2.89. The fraction of sp³-hybridized carbons (Fsp3) is 0.143. The first-order valence-electron chi connectivity index (χ1n) is 3.78. The average Bonchev–Trinajstić information content (AvgIpc) is 2.53. The lowest BCUT2D eigenvalue weighted by Crippen LogP contribution is -2.05. The van der Waals surface area contributed by atoms with Gasteiger partial charge in [0.2, 0.25) is 0 Å². The molecule has 0 aliphatic carbocycles. The summed E-state index contributed by atoms with van der Waals surface area (Å²) in [5, 5.41) is 3.98. The molecule has 85 valence electrons. The van der Waals surface area contributed by atoms with Crippen molar-refractivity contribution in [3.05, 3.63) is 21.4 Å². The van der Waals surface area contributed by atoms with Crippen molar-refractivity contribution < 1.29 is 8.78 Å². The zero-order valence-corrected chi connectivity index (χ0v) is 9.87. The summed E-state index contributed by atoms with van der Waals surface area (Å²) in [6.45, 7) is 0. The van der Waals surface area contributed by atoms with E-state index in [0.717, 1.165) is 0 Å². The van der Waals surface area contributed by atoms with Crippen LogP contribution >= 0.6 is 27.5 Å². The number of fused-ring (bicyclic) bond motifs is 1. The maximum Gasteiger partial charge on any atom is 0.281 e. The van der Waals surface area contributed by atoms with Gasteiger partial charge in [-0.1, -0.05) is 11.6 Å². The third-order valence-electron chi connectivity index (χ3n) is 1.81. The predicted molar refractivity (Wildman–Crippen MR) is 57.2 cm³/mol. The summed E-state index contributed by atoms with van der Waals surface area (Å²) in [5.41, 5.74) is 5.27. The Morgan fingerprint density at radius 3 is 2.69 bits per heavy atom. The highest BCUT2D eigenvalue weighted by atomic mass is 79.9. The Morgan fingerprint density at radius 1 is 1.50 bits per heavy atom. The second-order valence-electron chi connectivity index (χ2n) is 2.72. The van der Waals surface area contributed by atoms with E-state index in [-0.39, 0.29) is 27.1 Å². The average molecular weight is 311 g/mol. The number of halogens is 4. The van der Waals surface area contributed by atoms with Crippen LogP contribution in [0.2, 0.25) is 5.02 Å². The molecule has 0 aliphatic heterocycles. The summed E-state index contributed by atoms with van der Waals surface area (Å²) in [4.78, 5) is 3.69. The van der Waals surface area contributed by atoms with Crippen molar-refractivity contribution in [1.82, 2.24) is 20.7 Å². The van der Waals surface area contributed by atoms with Gasteiger partial charge in [0.05, 0.1) is 10.7 Å². The first kappa shape index (κ1) is 13.1. The van der Waals surface area contributed by atoms with E-state index in [1.807, 2.05) is 0 Å². The van der Waals surface area contributed by atoms with Gasteiger partial charge in [0.25, 0.3) is 6.43 Å². The van der Waals surface area contributed by atoms with Gasteiger partial charge in [0.15, 0.2) is 5.65 Å². The number of hydrogen-bond donors (Lipinski definition) is 1. The number of nitrogens with zero attached hydrogens (tertiary/aromatic N) is 4. The lowest BCUT2D eigenvalue weighted by Gasteiger charge is -2.07. The summed E-state index contributed by atoms with van der Waals surface area (Å²) >= 11 is 8.65. The Kier molecular flexibility index (Phi) is 3.66. The van der Waals surface area contributed by atoms with Gasteiger partial charge < -0.3 is 5.73 Å². The number of nitrogens with two attached hydrogens (primary N) is 1. The molecule has 0 aromatic carbocycles. The van der Waals surface area contributed by atoms with Crippen LogP contribution < -0.4 is 11.9 Å². The van der Waals surface area contributed by atoms with E-state index in [1.54, 1.807) is 0 Å². The largest absolute Gasteiger partial charge is 0.383 e. The molecule has 9 heteroatoms. The van der Waals surface area contributed by atoms with Crippen LogP contribution in [0.4, 0.5) is 14.6 Å². The van der Waals surface area contributed by atoms with Crippen LogP contribution in [0.5, 0.6) is 0 Å². The van der Waals surface area contributed by atoms with Gasteiger partial charge in [-0.05, 0) is 15.9 Å². The molecule has 2 aromatic rings. The number of rotatable bonds is 1. The second-order valence-corrected chi connectivity index (χ2v) is 3.93. The maximum absolute atomic E-state index is 12.6. The van der Waals surface area contributed by atoms with E-state index in [4.69, 9.17) is 17.3 Å². The van der Waals surface area contributed by atoms with Crippen molar-refractivity contribution in [2.24, 2.45) is 0 Å². The minimum absolute atomic E-state index is 0. The second kappa shape index (κ2) is 4.48. The van der Waals surface area contributed by atoms with Gasteiger partial charge in [-0.3, -0.25) is 0 Å². The van der Waals surface area contributed by atoms with Crippen LogP contribution in [0, 0.1) is 0 Å². The van der Waals surface area contributed by atoms with Crippen LogP contribution in [0.15, 0.2) is 10.7 Å². The fourth-order valence-corrected chi connectivity index (χ4v) is 1.73. The topological polar surface area (TPSA) is 86.7 Å². The monoisotopic (exact) mass is 310 g/mol. The smallest absolute Gasteiger partial charge is 0.281 e. The quantitative estimate of drug-likeness (QED) is 0.875. The molecule has 2 aromatic heterocycles. The number of anilines is 1. The first-order chi connectivity index (χ1) is 7.02. The molecule has 0 spiro atoms. The Labute approximate surface area is 102 Å². The van der Waals surface area contributed by atoms with Gasteiger partial charge in [0, 0.05) is 6.15 Å². The van der Waals surface area contributed by atoms with E-state index in [2.05, 4.69) is 26.0 Å². The van der Waals surface area contributed by atoms with Gasteiger partial charge in [0.1, 0.15) is 16.5 Å². The predicted octanol–water partition coefficient (Wildman–Crippen LogP) is 2.18. The molecule has 2 heterocycles. The van der Waals surface area contributed by atoms with Crippen molar-refractivity contribution in [2.45, 2.75) is 6.43 Å². The number of hydrogen-bond acceptors (Lipinski definition) is 3. The molecule has 0 fully saturated rings. The van der Waals surface area contributed by atoms with E-state index in [1.165, 1.54) is 10.7 Å². The third kappa shape index (κ3) is 1.83. The lowest BCUT2D eigenvalue weighted by molar-refractivity contribution is 0.145. The Balaban J connectivity index is 0.00000128. The summed E-state index contributed by atoms with van der Waals surface area (Å²) in [6.07, 6.45) is -1.43. The van der Waals surface area contributed by atoms with Crippen LogP contribution in [-0.4, -0.2) is 14.6 Å². The number of nitrogen functional groups attached to an aromatic ring is 1. The molecule has 3 radical (unpaired) electrons. The molecule has 0 aliphatic rings. The molecule has 5 nitrogen and oxygen atoms in total. The molecule has 0 bridgehead atoms. The van der Waals surface area contributed by atoms with Crippen LogP contribution in [0.1, 0.15) is 12.1 Å². The molecule has 0 unspecified atom stereocenters. The molecule has 0 saturated carbocycles. The van der Waals surface area contributed by atoms with Crippen LogP contribution in [0.3, 0.4) is 0 Å². The minimum Gasteiger partial charge on any atom is -0.383 e. The van der Waals surface area contributed by atoms with E-state index < -0.39 is 12.1 Å². The normalized spacial score (nSPS) is 10.8. The molecule has 0 atom stereocenters. The molecular formula is C7H4BrClF2N5. The van der Waals surface area contributed by atoms with Crippen molar-refractivity contribution in [2.75, 3.05) is 5.73 Å². The summed E-state index contributed by atoms with van der Waals surface area (Å²) in [7, 11) is 0. The maximum atomic E-state index is 12.6. The summed E-state index contributed by atoms with van der Waals surface area (Å²) in [5.74, 6) is 0.0437. The molecule has 2 rings (SSSR count). The van der Waals surface area contributed by atoms with E-state index in [0.29, 0.717) is 0 Å². The first-order valence-corrected chi connectivity index (χ1v) is 4.95. The Morgan fingerprint density at radius 2 is 2.12 bits per heavy atom. The molecule has 0 saturated heterocycles. The Bertz CT molecular complexity index is 529. The van der Waals surface area contributed by atoms with Crippen molar-refractivity contribution >= 4 is 39.0 Å². The fourth-order valence-electron chi connectivity index (χ4n) is 1.13. The van der Waals surface area contributed by atoms with Crippen molar-refractivity contribution in [3.63, 3.8) is 0 Å². The van der Waals surface area contributed by atoms with E-state index >= 15 is 0 Å².